The van der Waals surface area contributed by atoms with Gasteiger partial charge in [-0.2, -0.15) is 0 Å². The molecule has 1 amide bonds. The van der Waals surface area contributed by atoms with Crippen LogP contribution in [0.5, 0.6) is 0 Å². The molecule has 1 aliphatic rings. The van der Waals surface area contributed by atoms with Gasteiger partial charge in [0.15, 0.2) is 0 Å². The van der Waals surface area contributed by atoms with E-state index in [4.69, 9.17) is 5.73 Å². The first-order valence-corrected chi connectivity index (χ1v) is 7.31. The van der Waals surface area contributed by atoms with Crippen molar-refractivity contribution in [3.8, 4) is 0 Å². The van der Waals surface area contributed by atoms with Gasteiger partial charge in [-0.25, -0.2) is 0 Å². The fourth-order valence-corrected chi connectivity index (χ4v) is 2.91. The van der Waals surface area contributed by atoms with E-state index in [-0.39, 0.29) is 5.91 Å². The Hall–Kier alpha value is -1.35. The largest absolute Gasteiger partial charge is 0.352 e. The molecule has 3 N–H and O–H groups in total. The molecular weight excluding hydrogens is 236 g/mol. The SMILES string of the molecule is CCc1ccc(C(=O)NCC2CCCC2CN)cc1. The Morgan fingerprint density at radius 1 is 1.26 bits per heavy atom. The number of benzene rings is 1. The van der Waals surface area contributed by atoms with Crippen molar-refractivity contribution in [3.63, 3.8) is 0 Å². The van der Waals surface area contributed by atoms with Crippen molar-refractivity contribution in [2.75, 3.05) is 13.1 Å². The van der Waals surface area contributed by atoms with E-state index in [1.165, 1.54) is 24.8 Å². The molecule has 3 nitrogen and oxygen atoms in total. The molecule has 0 aromatic heterocycles. The average Bonchev–Trinajstić information content (AvgIpc) is 2.92. The van der Waals surface area contributed by atoms with Gasteiger partial charge in [0.05, 0.1) is 0 Å². The van der Waals surface area contributed by atoms with Gasteiger partial charge in [-0.1, -0.05) is 25.5 Å². The van der Waals surface area contributed by atoms with Gasteiger partial charge in [-0.05, 0) is 55.3 Å². The van der Waals surface area contributed by atoms with E-state index < -0.39 is 0 Å². The molecule has 2 atom stereocenters. The number of aryl methyl sites for hydroxylation is 1. The molecule has 0 saturated heterocycles. The van der Waals surface area contributed by atoms with Gasteiger partial charge in [0, 0.05) is 12.1 Å². The minimum Gasteiger partial charge on any atom is -0.352 e. The highest BCUT2D eigenvalue weighted by Gasteiger charge is 2.26. The Morgan fingerprint density at radius 3 is 2.58 bits per heavy atom. The summed E-state index contributed by atoms with van der Waals surface area (Å²) in [6.45, 7) is 3.62. The Morgan fingerprint density at radius 2 is 1.95 bits per heavy atom. The fraction of sp³-hybridized carbons (Fsp3) is 0.562. The maximum atomic E-state index is 12.1. The van der Waals surface area contributed by atoms with Crippen LogP contribution < -0.4 is 11.1 Å². The third kappa shape index (κ3) is 3.57. The first-order valence-electron chi connectivity index (χ1n) is 7.31. The van der Waals surface area contributed by atoms with Gasteiger partial charge >= 0.3 is 0 Å². The Bertz CT molecular complexity index is 413. The first kappa shape index (κ1) is 14.1. The van der Waals surface area contributed by atoms with Gasteiger partial charge in [0.25, 0.3) is 5.91 Å². The standard InChI is InChI=1S/C16H24N2O/c1-2-12-6-8-13(9-7-12)16(19)18-11-15-5-3-4-14(15)10-17/h6-9,14-15H,2-5,10-11,17H2,1H3,(H,18,19). The van der Waals surface area contributed by atoms with E-state index in [0.29, 0.717) is 11.8 Å². The lowest BCUT2D eigenvalue weighted by atomic mass is 9.96. The van der Waals surface area contributed by atoms with Crippen molar-refractivity contribution >= 4 is 5.91 Å². The monoisotopic (exact) mass is 260 g/mol. The van der Waals surface area contributed by atoms with Crippen LogP contribution in [0.25, 0.3) is 0 Å². The highest BCUT2D eigenvalue weighted by atomic mass is 16.1. The van der Waals surface area contributed by atoms with E-state index in [9.17, 15) is 4.79 Å². The molecule has 0 bridgehead atoms. The van der Waals surface area contributed by atoms with Crippen LogP contribution in [0.2, 0.25) is 0 Å². The van der Waals surface area contributed by atoms with Gasteiger partial charge in [0.2, 0.25) is 0 Å². The van der Waals surface area contributed by atoms with Crippen LogP contribution in [0, 0.1) is 11.8 Å². The molecule has 1 fully saturated rings. The molecule has 1 aromatic rings. The van der Waals surface area contributed by atoms with Gasteiger partial charge in [-0.3, -0.25) is 4.79 Å². The molecule has 0 aliphatic heterocycles. The zero-order valence-electron chi connectivity index (χ0n) is 11.7. The zero-order valence-corrected chi connectivity index (χ0v) is 11.7. The van der Waals surface area contributed by atoms with Crippen molar-refractivity contribution in [1.82, 2.24) is 5.32 Å². The van der Waals surface area contributed by atoms with Crippen LogP contribution in [0.4, 0.5) is 0 Å². The van der Waals surface area contributed by atoms with Crippen LogP contribution in [0.3, 0.4) is 0 Å². The Kier molecular flexibility index (Phi) is 4.97. The van der Waals surface area contributed by atoms with Crippen LogP contribution >= 0.6 is 0 Å². The Balaban J connectivity index is 1.86. The zero-order chi connectivity index (χ0) is 13.7. The van der Waals surface area contributed by atoms with Gasteiger partial charge < -0.3 is 11.1 Å². The maximum Gasteiger partial charge on any atom is 0.251 e. The van der Waals surface area contributed by atoms with Crippen molar-refractivity contribution < 1.29 is 4.79 Å². The predicted molar refractivity (Wildman–Crippen MR) is 78.0 cm³/mol. The molecule has 1 aliphatic carbocycles. The number of amides is 1. The summed E-state index contributed by atoms with van der Waals surface area (Å²) in [6, 6.07) is 7.85. The average molecular weight is 260 g/mol. The quantitative estimate of drug-likeness (QED) is 0.854. The topological polar surface area (TPSA) is 55.1 Å². The summed E-state index contributed by atoms with van der Waals surface area (Å²) in [4.78, 5) is 12.1. The molecule has 1 aromatic carbocycles. The summed E-state index contributed by atoms with van der Waals surface area (Å²) in [7, 11) is 0. The number of hydrogen-bond acceptors (Lipinski definition) is 2. The maximum absolute atomic E-state index is 12.1. The minimum absolute atomic E-state index is 0.0327. The summed E-state index contributed by atoms with van der Waals surface area (Å²) in [5.74, 6) is 1.18. The lowest BCUT2D eigenvalue weighted by Crippen LogP contribution is -2.32. The number of nitrogens with one attached hydrogen (secondary N) is 1. The van der Waals surface area contributed by atoms with E-state index in [0.717, 1.165) is 25.1 Å². The smallest absolute Gasteiger partial charge is 0.251 e. The molecule has 1 saturated carbocycles. The second-order valence-electron chi connectivity index (χ2n) is 5.45. The molecule has 104 valence electrons. The van der Waals surface area contributed by atoms with Gasteiger partial charge in [0.1, 0.15) is 0 Å². The Labute approximate surface area is 115 Å². The molecule has 19 heavy (non-hydrogen) atoms. The predicted octanol–water partition coefficient (Wildman–Crippen LogP) is 2.35. The third-order valence-electron chi connectivity index (χ3n) is 4.27. The summed E-state index contributed by atoms with van der Waals surface area (Å²) in [5, 5.41) is 3.05. The highest BCUT2D eigenvalue weighted by molar-refractivity contribution is 5.94. The van der Waals surface area contributed by atoms with E-state index >= 15 is 0 Å². The van der Waals surface area contributed by atoms with E-state index in [2.05, 4.69) is 12.2 Å². The molecule has 3 heteroatoms. The van der Waals surface area contributed by atoms with Crippen molar-refractivity contribution in [3.05, 3.63) is 35.4 Å². The number of carbonyl (C=O) groups excluding carboxylic acids is 1. The molecule has 0 radical (unpaired) electrons. The number of rotatable bonds is 5. The molecule has 2 rings (SSSR count). The normalized spacial score (nSPS) is 22.4. The van der Waals surface area contributed by atoms with Crippen molar-refractivity contribution in [2.24, 2.45) is 17.6 Å². The minimum atomic E-state index is 0.0327. The molecular formula is C16H24N2O. The summed E-state index contributed by atoms with van der Waals surface area (Å²) >= 11 is 0. The van der Waals surface area contributed by atoms with Gasteiger partial charge in [-0.15, -0.1) is 0 Å². The first-order chi connectivity index (χ1) is 9.24. The highest BCUT2D eigenvalue weighted by Crippen LogP contribution is 2.30. The summed E-state index contributed by atoms with van der Waals surface area (Å²) in [5.41, 5.74) is 7.77. The van der Waals surface area contributed by atoms with E-state index in [1.54, 1.807) is 0 Å². The number of nitrogens with two attached hydrogens (primary N) is 1. The van der Waals surface area contributed by atoms with Crippen LogP contribution in [-0.2, 0) is 6.42 Å². The van der Waals surface area contributed by atoms with Crippen LogP contribution in [-0.4, -0.2) is 19.0 Å². The van der Waals surface area contributed by atoms with Crippen LogP contribution in [0.1, 0.15) is 42.1 Å². The van der Waals surface area contributed by atoms with E-state index in [1.807, 2.05) is 24.3 Å². The lowest BCUT2D eigenvalue weighted by molar-refractivity contribution is 0.0944. The second kappa shape index (κ2) is 6.71. The fourth-order valence-electron chi connectivity index (χ4n) is 2.91. The van der Waals surface area contributed by atoms with Crippen molar-refractivity contribution in [1.29, 1.82) is 0 Å². The summed E-state index contributed by atoms with van der Waals surface area (Å²) < 4.78 is 0. The number of hydrogen-bond donors (Lipinski definition) is 2. The van der Waals surface area contributed by atoms with Crippen LogP contribution in [0.15, 0.2) is 24.3 Å². The summed E-state index contributed by atoms with van der Waals surface area (Å²) in [6.07, 6.45) is 4.65. The number of carbonyl (C=O) groups is 1. The van der Waals surface area contributed by atoms with Crippen molar-refractivity contribution in [2.45, 2.75) is 32.6 Å². The molecule has 2 unspecified atom stereocenters. The molecule has 0 heterocycles. The second-order valence-corrected chi connectivity index (χ2v) is 5.45. The third-order valence-corrected chi connectivity index (χ3v) is 4.27. The molecule has 0 spiro atoms. The lowest BCUT2D eigenvalue weighted by Gasteiger charge is -2.18.